The van der Waals surface area contributed by atoms with Crippen molar-refractivity contribution in [3.05, 3.63) is 55.1 Å². The Bertz CT molecular complexity index is 795. The van der Waals surface area contributed by atoms with Gasteiger partial charge in [-0.2, -0.15) is 8.42 Å². The fraction of sp³-hybridized carbons (Fsp3) is 0.476. The molecular formula is C21H31NO6S. The molecule has 0 radical (unpaired) electrons. The van der Waals surface area contributed by atoms with E-state index in [9.17, 15) is 18.3 Å². The number of carbonyl (C=O) groups is 1. The van der Waals surface area contributed by atoms with Crippen LogP contribution in [0, 0.1) is 6.92 Å². The minimum Gasteiger partial charge on any atom is -0.444 e. The fourth-order valence-corrected chi connectivity index (χ4v) is 3.44. The molecule has 1 aromatic carbocycles. The molecule has 1 amide bonds. The standard InChI is InChI=1S/C21H31NO6S/c1-7-9-18(22(14-8-2)20(24)28-21(4,5)6)19(23)15-27-29(25,26)17-12-10-16(3)11-13-17/h7-8,10-13,18-19,23H,1-2,9,14-15H2,3-6H3/t18-,19-/m1/s1. The average Bonchev–Trinajstić information content (AvgIpc) is 2.61. The van der Waals surface area contributed by atoms with Crippen LogP contribution in [0.4, 0.5) is 4.79 Å². The third-order valence-corrected chi connectivity index (χ3v) is 5.21. The summed E-state index contributed by atoms with van der Waals surface area (Å²) in [5, 5.41) is 10.6. The Morgan fingerprint density at radius 1 is 1.21 bits per heavy atom. The van der Waals surface area contributed by atoms with Gasteiger partial charge < -0.3 is 9.84 Å². The Labute approximate surface area is 173 Å². The van der Waals surface area contributed by atoms with E-state index in [4.69, 9.17) is 8.92 Å². The van der Waals surface area contributed by atoms with E-state index in [1.165, 1.54) is 29.2 Å². The lowest BCUT2D eigenvalue weighted by Gasteiger charge is -2.34. The molecule has 162 valence electrons. The number of ether oxygens (including phenoxy) is 1. The van der Waals surface area contributed by atoms with Gasteiger partial charge in [-0.15, -0.1) is 13.2 Å². The molecule has 0 aliphatic rings. The van der Waals surface area contributed by atoms with Gasteiger partial charge in [0.05, 0.1) is 23.6 Å². The van der Waals surface area contributed by atoms with Crippen LogP contribution in [0.5, 0.6) is 0 Å². The molecule has 1 N–H and O–H groups in total. The zero-order valence-electron chi connectivity index (χ0n) is 17.5. The largest absolute Gasteiger partial charge is 0.444 e. The molecule has 0 bridgehead atoms. The normalized spacial score (nSPS) is 14.0. The predicted octanol–water partition coefficient (Wildman–Crippen LogP) is 3.43. The summed E-state index contributed by atoms with van der Waals surface area (Å²) in [6.07, 6.45) is 1.30. The molecule has 0 aliphatic carbocycles. The van der Waals surface area contributed by atoms with Gasteiger partial charge in [-0.25, -0.2) is 4.79 Å². The van der Waals surface area contributed by atoms with E-state index in [1.807, 2.05) is 6.92 Å². The highest BCUT2D eigenvalue weighted by atomic mass is 32.2. The third kappa shape index (κ3) is 8.00. The number of benzene rings is 1. The lowest BCUT2D eigenvalue weighted by Crippen LogP contribution is -2.50. The van der Waals surface area contributed by atoms with E-state index in [0.29, 0.717) is 0 Å². The summed E-state index contributed by atoms with van der Waals surface area (Å²) in [7, 11) is -4.05. The van der Waals surface area contributed by atoms with Gasteiger partial charge in [-0.05, 0) is 46.2 Å². The van der Waals surface area contributed by atoms with Crippen molar-refractivity contribution in [2.24, 2.45) is 0 Å². The number of amides is 1. The smallest absolute Gasteiger partial charge is 0.410 e. The van der Waals surface area contributed by atoms with E-state index in [2.05, 4.69) is 13.2 Å². The van der Waals surface area contributed by atoms with Crippen molar-refractivity contribution in [2.75, 3.05) is 13.2 Å². The molecule has 0 unspecified atom stereocenters. The van der Waals surface area contributed by atoms with Gasteiger partial charge in [0.15, 0.2) is 0 Å². The van der Waals surface area contributed by atoms with E-state index in [-0.39, 0.29) is 17.9 Å². The first-order valence-corrected chi connectivity index (χ1v) is 10.7. The van der Waals surface area contributed by atoms with Crippen molar-refractivity contribution in [3.8, 4) is 0 Å². The molecule has 0 aromatic heterocycles. The lowest BCUT2D eigenvalue weighted by atomic mass is 10.1. The van der Waals surface area contributed by atoms with Gasteiger partial charge >= 0.3 is 6.09 Å². The number of hydrogen-bond acceptors (Lipinski definition) is 6. The first kappa shape index (κ1) is 24.9. The summed E-state index contributed by atoms with van der Waals surface area (Å²) in [4.78, 5) is 13.9. The molecule has 0 saturated heterocycles. The Morgan fingerprint density at radius 3 is 2.28 bits per heavy atom. The summed E-state index contributed by atoms with van der Waals surface area (Å²) in [6.45, 7) is 13.9. The quantitative estimate of drug-likeness (QED) is 0.456. The highest BCUT2D eigenvalue weighted by molar-refractivity contribution is 7.86. The van der Waals surface area contributed by atoms with Gasteiger partial charge in [0, 0.05) is 6.54 Å². The molecule has 0 fully saturated rings. The van der Waals surface area contributed by atoms with Crippen LogP contribution in [0.1, 0.15) is 32.8 Å². The first-order valence-electron chi connectivity index (χ1n) is 9.27. The number of hydrogen-bond donors (Lipinski definition) is 1. The maximum absolute atomic E-state index is 12.6. The topological polar surface area (TPSA) is 93.1 Å². The molecule has 1 rings (SSSR count). The Morgan fingerprint density at radius 2 is 1.79 bits per heavy atom. The van der Waals surface area contributed by atoms with Crippen molar-refractivity contribution in [1.82, 2.24) is 4.90 Å². The molecule has 7 nitrogen and oxygen atoms in total. The molecule has 0 aliphatic heterocycles. The number of aliphatic hydroxyl groups excluding tert-OH is 1. The van der Waals surface area contributed by atoms with E-state index < -0.39 is 40.6 Å². The van der Waals surface area contributed by atoms with Crippen LogP contribution < -0.4 is 0 Å². The van der Waals surface area contributed by atoms with Crippen molar-refractivity contribution in [1.29, 1.82) is 0 Å². The van der Waals surface area contributed by atoms with E-state index in [1.54, 1.807) is 32.9 Å². The zero-order chi connectivity index (χ0) is 22.2. The lowest BCUT2D eigenvalue weighted by molar-refractivity contribution is -0.0108. The fourth-order valence-electron chi connectivity index (χ4n) is 2.51. The minimum atomic E-state index is -4.05. The van der Waals surface area contributed by atoms with Crippen LogP contribution in [0.15, 0.2) is 54.5 Å². The van der Waals surface area contributed by atoms with Crippen LogP contribution in [0.3, 0.4) is 0 Å². The SMILES string of the molecule is C=CC[C@H]([C@H](O)COS(=O)(=O)c1ccc(C)cc1)N(CC=C)C(=O)OC(C)(C)C. The van der Waals surface area contributed by atoms with Gasteiger partial charge in [0.25, 0.3) is 10.1 Å². The second-order valence-electron chi connectivity index (χ2n) is 7.63. The molecular weight excluding hydrogens is 394 g/mol. The second kappa shape index (κ2) is 10.6. The van der Waals surface area contributed by atoms with Gasteiger partial charge in [0.2, 0.25) is 0 Å². The summed E-state index contributed by atoms with van der Waals surface area (Å²) in [6, 6.07) is 5.38. The monoisotopic (exact) mass is 425 g/mol. The van der Waals surface area contributed by atoms with Crippen LogP contribution in [-0.2, 0) is 19.0 Å². The van der Waals surface area contributed by atoms with Gasteiger partial charge in [-0.1, -0.05) is 29.8 Å². The van der Waals surface area contributed by atoms with Crippen molar-refractivity contribution in [3.63, 3.8) is 0 Å². The second-order valence-corrected chi connectivity index (χ2v) is 9.25. The van der Waals surface area contributed by atoms with E-state index in [0.717, 1.165) is 5.56 Å². The van der Waals surface area contributed by atoms with E-state index >= 15 is 0 Å². The maximum Gasteiger partial charge on any atom is 0.410 e. The van der Waals surface area contributed by atoms with Crippen LogP contribution in [0.25, 0.3) is 0 Å². The minimum absolute atomic E-state index is 0.00865. The number of nitrogens with zero attached hydrogens (tertiary/aromatic N) is 1. The molecule has 0 heterocycles. The Hall–Kier alpha value is -2.16. The first-order chi connectivity index (χ1) is 13.4. The molecule has 1 aromatic rings. The van der Waals surface area contributed by atoms with Crippen molar-refractivity contribution in [2.45, 2.75) is 56.8 Å². The summed E-state index contributed by atoms with van der Waals surface area (Å²) in [5.41, 5.74) is 0.179. The summed E-state index contributed by atoms with van der Waals surface area (Å²) < 4.78 is 35.2. The highest BCUT2D eigenvalue weighted by Gasteiger charge is 2.32. The number of carbonyl (C=O) groups excluding carboxylic acids is 1. The molecule has 0 saturated carbocycles. The Kier molecular flexibility index (Phi) is 9.07. The summed E-state index contributed by atoms with van der Waals surface area (Å²) >= 11 is 0. The average molecular weight is 426 g/mol. The number of aliphatic hydroxyl groups is 1. The molecule has 29 heavy (non-hydrogen) atoms. The van der Waals surface area contributed by atoms with Crippen LogP contribution in [-0.4, -0.2) is 55.4 Å². The van der Waals surface area contributed by atoms with Crippen LogP contribution in [0.2, 0.25) is 0 Å². The van der Waals surface area contributed by atoms with Gasteiger partial charge in [0.1, 0.15) is 5.60 Å². The molecule has 2 atom stereocenters. The summed E-state index contributed by atoms with van der Waals surface area (Å²) in [5.74, 6) is 0. The predicted molar refractivity (Wildman–Crippen MR) is 112 cm³/mol. The zero-order valence-corrected chi connectivity index (χ0v) is 18.3. The molecule has 0 spiro atoms. The van der Waals surface area contributed by atoms with Gasteiger partial charge in [-0.3, -0.25) is 9.08 Å². The number of rotatable bonds is 10. The number of aryl methyl sites for hydroxylation is 1. The van der Waals surface area contributed by atoms with Crippen LogP contribution >= 0.6 is 0 Å². The Balaban J connectivity index is 2.97. The van der Waals surface area contributed by atoms with Crippen molar-refractivity contribution >= 4 is 16.2 Å². The maximum atomic E-state index is 12.6. The highest BCUT2D eigenvalue weighted by Crippen LogP contribution is 2.19. The van der Waals surface area contributed by atoms with Crippen molar-refractivity contribution < 1.29 is 27.2 Å². The third-order valence-electron chi connectivity index (χ3n) is 3.91. The molecule has 8 heteroatoms.